The van der Waals surface area contributed by atoms with E-state index in [1.54, 1.807) is 0 Å². The molecule has 0 amide bonds. The summed E-state index contributed by atoms with van der Waals surface area (Å²) in [5.41, 5.74) is 2.79. The van der Waals surface area contributed by atoms with Gasteiger partial charge in [0.05, 0.1) is 23.2 Å². The molecule has 96 valence electrons. The number of hydrogen-bond acceptors (Lipinski definition) is 4. The number of nitrogens with zero attached hydrogens (tertiary/aromatic N) is 2. The van der Waals surface area contributed by atoms with Gasteiger partial charge < -0.3 is 9.72 Å². The summed E-state index contributed by atoms with van der Waals surface area (Å²) in [6.07, 6.45) is 3.84. The largest absolute Gasteiger partial charge is 0.307 e. The van der Waals surface area contributed by atoms with E-state index in [-0.39, 0.29) is 17.5 Å². The first-order chi connectivity index (χ1) is 8.53. The molecule has 1 aliphatic rings. The van der Waals surface area contributed by atoms with Crippen LogP contribution in [0.3, 0.4) is 0 Å². The summed E-state index contributed by atoms with van der Waals surface area (Å²) in [4.78, 5) is 4.50. The highest BCUT2D eigenvalue weighted by Crippen LogP contribution is 2.19. The van der Waals surface area contributed by atoms with Gasteiger partial charge in [0.1, 0.15) is 5.65 Å². The van der Waals surface area contributed by atoms with Crippen LogP contribution >= 0.6 is 0 Å². The fourth-order valence-corrected chi connectivity index (χ4v) is 3.64. The second kappa shape index (κ2) is 4.07. The van der Waals surface area contributed by atoms with Crippen LogP contribution in [-0.4, -0.2) is 35.9 Å². The van der Waals surface area contributed by atoms with Crippen molar-refractivity contribution in [1.29, 1.82) is 0 Å². The van der Waals surface area contributed by atoms with Crippen LogP contribution in [0.1, 0.15) is 17.3 Å². The van der Waals surface area contributed by atoms with E-state index in [0.29, 0.717) is 6.54 Å². The second-order valence-corrected chi connectivity index (χ2v) is 6.99. The van der Waals surface area contributed by atoms with Crippen LogP contribution in [-0.2, 0) is 9.84 Å². The predicted octanol–water partition coefficient (Wildman–Crippen LogP) is 0.702. The fraction of sp³-hybridized carbons (Fsp3) is 0.417. The summed E-state index contributed by atoms with van der Waals surface area (Å²) in [6, 6.07) is 3.80. The molecule has 0 saturated carbocycles. The first kappa shape index (κ1) is 11.7. The van der Waals surface area contributed by atoms with Crippen LogP contribution in [0.5, 0.6) is 0 Å². The third-order valence-corrected chi connectivity index (χ3v) is 4.88. The molecule has 0 radical (unpaired) electrons. The summed E-state index contributed by atoms with van der Waals surface area (Å²) in [6.45, 7) is 2.51. The zero-order chi connectivity index (χ0) is 12.8. The van der Waals surface area contributed by atoms with Crippen molar-refractivity contribution in [2.75, 3.05) is 18.1 Å². The lowest BCUT2D eigenvalue weighted by molar-refractivity contribution is 0.525. The van der Waals surface area contributed by atoms with E-state index in [4.69, 9.17) is 0 Å². The Bertz CT molecular complexity index is 690. The number of pyridine rings is 1. The van der Waals surface area contributed by atoms with Gasteiger partial charge in [-0.3, -0.25) is 0 Å². The van der Waals surface area contributed by atoms with Crippen LogP contribution in [0.2, 0.25) is 0 Å². The molecule has 1 aliphatic heterocycles. The molecule has 1 unspecified atom stereocenters. The van der Waals surface area contributed by atoms with Crippen LogP contribution < -0.4 is 5.32 Å². The zero-order valence-electron chi connectivity index (χ0n) is 10.1. The van der Waals surface area contributed by atoms with Crippen molar-refractivity contribution in [3.63, 3.8) is 0 Å². The lowest BCUT2D eigenvalue weighted by atomic mass is 10.2. The Morgan fingerprint density at radius 2 is 2.33 bits per heavy atom. The van der Waals surface area contributed by atoms with E-state index >= 15 is 0 Å². The Kier molecular flexibility index (Phi) is 2.64. The molecule has 0 bridgehead atoms. The van der Waals surface area contributed by atoms with Crippen molar-refractivity contribution in [3.8, 4) is 0 Å². The maximum Gasteiger partial charge on any atom is 0.153 e. The van der Waals surface area contributed by atoms with Crippen molar-refractivity contribution in [3.05, 3.63) is 35.8 Å². The lowest BCUT2D eigenvalue weighted by Gasteiger charge is -2.21. The predicted molar refractivity (Wildman–Crippen MR) is 69.3 cm³/mol. The maximum absolute atomic E-state index is 11.6. The van der Waals surface area contributed by atoms with Crippen LogP contribution in [0, 0.1) is 6.92 Å². The molecular weight excluding hydrogens is 250 g/mol. The number of imidazole rings is 1. The molecule has 3 heterocycles. The molecule has 0 spiro atoms. The van der Waals surface area contributed by atoms with E-state index in [1.165, 1.54) is 0 Å². The minimum absolute atomic E-state index is 0.135. The number of aryl methyl sites for hydroxylation is 1. The minimum atomic E-state index is -2.94. The quantitative estimate of drug-likeness (QED) is 0.824. The highest BCUT2D eigenvalue weighted by molar-refractivity contribution is 7.91. The monoisotopic (exact) mass is 265 g/mol. The molecule has 6 heteroatoms. The van der Waals surface area contributed by atoms with Crippen molar-refractivity contribution in [2.45, 2.75) is 13.0 Å². The van der Waals surface area contributed by atoms with Crippen molar-refractivity contribution in [2.24, 2.45) is 0 Å². The first-order valence-corrected chi connectivity index (χ1v) is 7.75. The molecule has 1 atom stereocenters. The second-order valence-electron chi connectivity index (χ2n) is 4.76. The number of aromatic nitrogens is 2. The van der Waals surface area contributed by atoms with Gasteiger partial charge in [0.2, 0.25) is 0 Å². The third kappa shape index (κ3) is 2.13. The van der Waals surface area contributed by atoms with Crippen LogP contribution in [0.4, 0.5) is 0 Å². The number of nitrogens with one attached hydrogen (secondary N) is 1. The van der Waals surface area contributed by atoms with Crippen LogP contribution in [0.25, 0.3) is 5.65 Å². The topological polar surface area (TPSA) is 63.5 Å². The van der Waals surface area contributed by atoms with E-state index in [0.717, 1.165) is 16.9 Å². The summed E-state index contributed by atoms with van der Waals surface area (Å²) < 4.78 is 25.2. The molecule has 0 aliphatic carbocycles. The SMILES string of the molecule is Cc1ccn2cc(C3CS(=O)(=O)CCN3)nc2c1. The molecule has 2 aromatic heterocycles. The van der Waals surface area contributed by atoms with Crippen LogP contribution in [0.15, 0.2) is 24.5 Å². The Hall–Kier alpha value is -1.40. The van der Waals surface area contributed by atoms with Gasteiger partial charge in [0.15, 0.2) is 9.84 Å². The van der Waals surface area contributed by atoms with Gasteiger partial charge in [-0.1, -0.05) is 0 Å². The number of sulfone groups is 1. The number of fused-ring (bicyclic) bond motifs is 1. The molecule has 0 aromatic carbocycles. The number of hydrogen-bond donors (Lipinski definition) is 1. The molecule has 18 heavy (non-hydrogen) atoms. The van der Waals surface area contributed by atoms with Gasteiger partial charge in [0, 0.05) is 18.9 Å². The maximum atomic E-state index is 11.6. The first-order valence-electron chi connectivity index (χ1n) is 5.93. The van der Waals surface area contributed by atoms with E-state index < -0.39 is 9.84 Å². The smallest absolute Gasteiger partial charge is 0.153 e. The fourth-order valence-electron chi connectivity index (χ4n) is 2.25. The Balaban J connectivity index is 1.99. The van der Waals surface area contributed by atoms with Crippen molar-refractivity contribution < 1.29 is 8.42 Å². The molecule has 2 aromatic rings. The lowest BCUT2D eigenvalue weighted by Crippen LogP contribution is -2.39. The average molecular weight is 265 g/mol. The van der Waals surface area contributed by atoms with Gasteiger partial charge in [0.25, 0.3) is 0 Å². The average Bonchev–Trinajstić information content (AvgIpc) is 2.70. The van der Waals surface area contributed by atoms with Gasteiger partial charge in [-0.05, 0) is 24.6 Å². The van der Waals surface area contributed by atoms with Gasteiger partial charge in [-0.25, -0.2) is 13.4 Å². The Morgan fingerprint density at radius 3 is 3.11 bits per heavy atom. The van der Waals surface area contributed by atoms with Gasteiger partial charge in [-0.15, -0.1) is 0 Å². The highest BCUT2D eigenvalue weighted by Gasteiger charge is 2.27. The summed E-state index contributed by atoms with van der Waals surface area (Å²) >= 11 is 0. The number of rotatable bonds is 1. The highest BCUT2D eigenvalue weighted by atomic mass is 32.2. The van der Waals surface area contributed by atoms with E-state index in [9.17, 15) is 8.42 Å². The Labute approximate surface area is 106 Å². The molecule has 1 N–H and O–H groups in total. The van der Waals surface area contributed by atoms with Crippen molar-refractivity contribution >= 4 is 15.5 Å². The standard InChI is InChI=1S/C12H15N3O2S/c1-9-2-4-15-7-10(14-12(15)6-9)11-8-18(16,17)5-3-13-11/h2,4,6-7,11,13H,3,5,8H2,1H3. The van der Waals surface area contributed by atoms with E-state index in [1.807, 2.05) is 35.9 Å². The molecule has 5 nitrogen and oxygen atoms in total. The minimum Gasteiger partial charge on any atom is -0.307 e. The van der Waals surface area contributed by atoms with Crippen molar-refractivity contribution in [1.82, 2.24) is 14.7 Å². The normalized spacial score (nSPS) is 23.3. The molecular formula is C12H15N3O2S. The Morgan fingerprint density at radius 1 is 1.50 bits per heavy atom. The molecule has 3 rings (SSSR count). The van der Waals surface area contributed by atoms with E-state index in [2.05, 4.69) is 10.3 Å². The van der Waals surface area contributed by atoms with Gasteiger partial charge >= 0.3 is 0 Å². The molecule has 1 fully saturated rings. The zero-order valence-corrected chi connectivity index (χ0v) is 10.9. The third-order valence-electron chi connectivity index (χ3n) is 3.22. The summed E-state index contributed by atoms with van der Waals surface area (Å²) in [5.74, 6) is 0.353. The summed E-state index contributed by atoms with van der Waals surface area (Å²) in [5, 5.41) is 3.21. The van der Waals surface area contributed by atoms with Gasteiger partial charge in [-0.2, -0.15) is 0 Å². The summed E-state index contributed by atoms with van der Waals surface area (Å²) in [7, 11) is -2.94. The molecule has 1 saturated heterocycles.